The molecule has 2 saturated heterocycles. The quantitative estimate of drug-likeness (QED) is 0.104. The highest BCUT2D eigenvalue weighted by Gasteiger charge is 2.48. The van der Waals surface area contributed by atoms with Crippen molar-refractivity contribution in [2.75, 3.05) is 41.3 Å². The second-order valence-corrected chi connectivity index (χ2v) is 25.2. The van der Waals surface area contributed by atoms with Crippen LogP contribution in [0.5, 0.6) is 0 Å². The van der Waals surface area contributed by atoms with Crippen LogP contribution in [-0.2, 0) is 70.3 Å². The van der Waals surface area contributed by atoms with Gasteiger partial charge in [0.2, 0.25) is 41.4 Å². The lowest BCUT2D eigenvalue weighted by atomic mass is 9.94. The van der Waals surface area contributed by atoms with Crippen molar-refractivity contribution in [3.05, 3.63) is 71.8 Å². The highest BCUT2D eigenvalue weighted by molar-refractivity contribution is 5.99. The summed E-state index contributed by atoms with van der Waals surface area (Å²) < 4.78 is 11.6. The average molecular weight is 1200 g/mol. The van der Waals surface area contributed by atoms with E-state index in [0.29, 0.717) is 30.4 Å². The number of ether oxygens (including phenoxy) is 2. The fourth-order valence-electron chi connectivity index (χ4n) is 11.6. The topological polar surface area (TPSA) is 262 Å². The smallest absolute Gasteiger partial charge is 0.332 e. The lowest BCUT2D eigenvalue weighted by Gasteiger charge is -2.39. The highest BCUT2D eigenvalue weighted by atomic mass is 16.6. The minimum atomic E-state index is -2.01. The standard InChI is InChI=1S/C65H100N8O13/c1-16-18-19-26-36-85-51(74)34-33-46-59(78)70(13)52(41(5)6)57(76)67-47(37-40(3)4)61(80)72(15)55(65(10,11)84)64(83)86-54(43(9)17-2)63(82)71(14)53(42(7)8)58(77)68-48(38-44-28-22-20-23-29-44)60(79)69(12)50(39-45-30-24-21-25-31-45)62(81)73-35-27-32-49(73)56(75)66-46/h20-25,28-31,40-43,46-50,52-55,84H,16-19,26-27,32-39H2,1-15H3,(H,66,75)(H,67,76)(H,68,77)/t43-,46-,47+,48+,49+,50+,52+,53+,54+,55-/m1/s1. The molecule has 4 N–H and O–H groups in total. The molecule has 0 bridgehead atoms. The molecule has 2 fully saturated rings. The van der Waals surface area contributed by atoms with Crippen LogP contribution in [0.25, 0.3) is 0 Å². The molecule has 86 heavy (non-hydrogen) atoms. The second kappa shape index (κ2) is 33.3. The molecule has 2 aromatic rings. The van der Waals surface area contributed by atoms with Crippen LogP contribution in [0.3, 0.4) is 0 Å². The molecular weight excluding hydrogens is 1100 g/mol. The monoisotopic (exact) mass is 1200 g/mol. The molecule has 21 nitrogen and oxygen atoms in total. The summed E-state index contributed by atoms with van der Waals surface area (Å²) in [5, 5.41) is 20.4. The molecule has 0 radical (unpaired) electrons. The number of nitrogens with one attached hydrogen (secondary N) is 3. The van der Waals surface area contributed by atoms with Crippen LogP contribution in [0.15, 0.2) is 60.7 Å². The fraction of sp³-hybridized carbons (Fsp3) is 0.662. The number of likely N-dealkylation sites (N-methyl/N-ethyl adjacent to an activating group) is 4. The largest absolute Gasteiger partial charge is 0.466 e. The van der Waals surface area contributed by atoms with E-state index in [1.54, 1.807) is 84.0 Å². The third kappa shape index (κ3) is 19.6. The summed E-state index contributed by atoms with van der Waals surface area (Å²) in [5.74, 6) is -9.58. The van der Waals surface area contributed by atoms with Gasteiger partial charge in [0.1, 0.15) is 42.3 Å². The number of nitrogens with zero attached hydrogens (tertiary/aromatic N) is 5. The van der Waals surface area contributed by atoms with Crippen molar-refractivity contribution >= 4 is 59.2 Å². The van der Waals surface area contributed by atoms with Gasteiger partial charge in [-0.1, -0.05) is 142 Å². The Balaban J connectivity index is 1.97. The van der Waals surface area contributed by atoms with Gasteiger partial charge >= 0.3 is 11.9 Å². The van der Waals surface area contributed by atoms with Gasteiger partial charge in [0.05, 0.1) is 12.2 Å². The third-order valence-electron chi connectivity index (χ3n) is 16.5. The fourth-order valence-corrected chi connectivity index (χ4v) is 11.6. The maximum absolute atomic E-state index is 15.4. The molecule has 0 unspecified atom stereocenters. The maximum atomic E-state index is 15.4. The normalized spacial score (nSPS) is 24.8. The summed E-state index contributed by atoms with van der Waals surface area (Å²) in [6.07, 6.45) is 2.22. The van der Waals surface area contributed by atoms with Crippen molar-refractivity contribution < 1.29 is 62.5 Å². The molecule has 10 atom stereocenters. The Labute approximate surface area is 510 Å². The maximum Gasteiger partial charge on any atom is 0.332 e. The number of rotatable bonds is 19. The van der Waals surface area contributed by atoms with E-state index in [4.69, 9.17) is 9.47 Å². The molecule has 0 spiro atoms. The Morgan fingerprint density at radius 3 is 1.67 bits per heavy atom. The second-order valence-electron chi connectivity index (χ2n) is 25.2. The Bertz CT molecular complexity index is 2610. The van der Waals surface area contributed by atoms with Gasteiger partial charge in [-0.25, -0.2) is 4.79 Å². The number of carbonyl (C=O) groups is 10. The van der Waals surface area contributed by atoms with Gasteiger partial charge in [-0.15, -0.1) is 0 Å². The Hall–Kier alpha value is -6.90. The molecule has 0 saturated carbocycles. The van der Waals surface area contributed by atoms with Crippen molar-refractivity contribution in [1.82, 2.24) is 40.4 Å². The SMILES string of the molecule is CCCCCCOC(=O)CC[C@H]1NC(=O)[C@@H]2CCCN2C(=O)[C@H](Cc2ccccc2)N(C)C(=O)[C@H](Cc2ccccc2)NC(=O)[C@H](C(C)C)N(C)C(=O)[C@H]([C@H](C)CC)OC(=O)[C@H](C(C)(C)O)N(C)C(=O)[C@H](CC(C)C)NC(=O)[C@H](C(C)C)N(C)C1=O. The summed E-state index contributed by atoms with van der Waals surface area (Å²) in [4.78, 5) is 154. The molecule has 0 aromatic heterocycles. The van der Waals surface area contributed by atoms with Gasteiger partial charge in [-0.05, 0) is 81.3 Å². The Morgan fingerprint density at radius 2 is 1.15 bits per heavy atom. The molecule has 478 valence electrons. The summed E-state index contributed by atoms with van der Waals surface area (Å²) in [6.45, 7) is 18.9. The highest BCUT2D eigenvalue weighted by Crippen LogP contribution is 2.27. The zero-order valence-corrected chi connectivity index (χ0v) is 53.8. The van der Waals surface area contributed by atoms with Crippen LogP contribution in [-0.4, -0.2) is 190 Å². The van der Waals surface area contributed by atoms with Crippen molar-refractivity contribution in [3.63, 3.8) is 0 Å². The van der Waals surface area contributed by atoms with Gasteiger partial charge in [0, 0.05) is 59.9 Å². The predicted molar refractivity (Wildman–Crippen MR) is 326 cm³/mol. The van der Waals surface area contributed by atoms with E-state index < -0.39 is 137 Å². The van der Waals surface area contributed by atoms with E-state index in [1.807, 2.05) is 32.0 Å². The molecule has 0 aliphatic carbocycles. The van der Waals surface area contributed by atoms with Gasteiger partial charge < -0.3 is 55.0 Å². The number of hydrogen-bond donors (Lipinski definition) is 4. The van der Waals surface area contributed by atoms with E-state index in [-0.39, 0.29) is 57.6 Å². The number of fused-ring (bicyclic) bond motifs is 1. The van der Waals surface area contributed by atoms with E-state index in [2.05, 4.69) is 22.9 Å². The number of esters is 2. The molecular formula is C65H100N8O13. The summed E-state index contributed by atoms with van der Waals surface area (Å²) in [6, 6.07) is 7.19. The first-order valence-electron chi connectivity index (χ1n) is 30.9. The van der Waals surface area contributed by atoms with Crippen LogP contribution in [0.4, 0.5) is 0 Å². The minimum absolute atomic E-state index is 0.000806. The lowest BCUT2D eigenvalue weighted by Crippen LogP contribution is -2.62. The Kier molecular flexibility index (Phi) is 27.7. The molecule has 2 aliphatic heterocycles. The van der Waals surface area contributed by atoms with Crippen molar-refractivity contribution in [3.8, 4) is 0 Å². The molecule has 21 heteroatoms. The number of carbonyl (C=O) groups excluding carboxylic acids is 10. The van der Waals surface area contributed by atoms with Crippen LogP contribution >= 0.6 is 0 Å². The number of cyclic esters (lactones) is 1. The van der Waals surface area contributed by atoms with Crippen molar-refractivity contribution in [2.24, 2.45) is 23.7 Å². The predicted octanol–water partition coefficient (Wildman–Crippen LogP) is 5.23. The zero-order chi connectivity index (χ0) is 64.3. The first-order chi connectivity index (χ1) is 40.5. The number of amides is 8. The minimum Gasteiger partial charge on any atom is -0.466 e. The first kappa shape index (κ1) is 71.6. The van der Waals surface area contributed by atoms with E-state index in [9.17, 15) is 33.9 Å². The van der Waals surface area contributed by atoms with Crippen LogP contribution < -0.4 is 16.0 Å². The molecule has 8 amide bonds. The van der Waals surface area contributed by atoms with Crippen LogP contribution in [0, 0.1) is 23.7 Å². The van der Waals surface area contributed by atoms with Gasteiger partial charge in [-0.3, -0.25) is 43.2 Å². The van der Waals surface area contributed by atoms with E-state index in [1.165, 1.54) is 56.7 Å². The number of hydrogen-bond acceptors (Lipinski definition) is 13. The van der Waals surface area contributed by atoms with Crippen LogP contribution in [0.1, 0.15) is 151 Å². The summed E-state index contributed by atoms with van der Waals surface area (Å²) in [7, 11) is 5.53. The van der Waals surface area contributed by atoms with Gasteiger partial charge in [0.15, 0.2) is 12.1 Å². The van der Waals surface area contributed by atoms with Crippen molar-refractivity contribution in [2.45, 2.75) is 213 Å². The zero-order valence-electron chi connectivity index (χ0n) is 53.8. The summed E-state index contributed by atoms with van der Waals surface area (Å²) >= 11 is 0. The first-order valence-corrected chi connectivity index (χ1v) is 30.9. The van der Waals surface area contributed by atoms with Crippen molar-refractivity contribution in [1.29, 1.82) is 0 Å². The molecule has 4 rings (SSSR count). The van der Waals surface area contributed by atoms with Gasteiger partial charge in [0.25, 0.3) is 5.91 Å². The van der Waals surface area contributed by atoms with Gasteiger partial charge in [-0.2, -0.15) is 0 Å². The summed E-state index contributed by atoms with van der Waals surface area (Å²) in [5.41, 5.74) is -0.648. The lowest BCUT2D eigenvalue weighted by molar-refractivity contribution is -0.177. The number of unbranched alkanes of at least 4 members (excludes halogenated alkanes) is 3. The Morgan fingerprint density at radius 1 is 0.640 bits per heavy atom. The number of benzene rings is 2. The molecule has 2 aromatic carbocycles. The van der Waals surface area contributed by atoms with E-state index >= 15 is 19.2 Å². The number of aliphatic hydroxyl groups is 1. The third-order valence-corrected chi connectivity index (χ3v) is 16.5. The van der Waals surface area contributed by atoms with E-state index in [0.717, 1.165) is 29.1 Å². The van der Waals surface area contributed by atoms with Crippen LogP contribution in [0.2, 0.25) is 0 Å². The average Bonchev–Trinajstić information content (AvgIpc) is 2.03. The molecule has 2 heterocycles. The molecule has 2 aliphatic rings.